The number of amides is 1. The highest BCUT2D eigenvalue weighted by atomic mass is 35.5. The molecule has 1 N–H and O–H groups in total. The Balaban J connectivity index is 1.62. The summed E-state index contributed by atoms with van der Waals surface area (Å²) < 4.78 is 7.08. The van der Waals surface area contributed by atoms with Crippen molar-refractivity contribution in [2.45, 2.75) is 13.0 Å². The lowest BCUT2D eigenvalue weighted by molar-refractivity contribution is -0.122. The van der Waals surface area contributed by atoms with Gasteiger partial charge in [-0.1, -0.05) is 23.2 Å². The summed E-state index contributed by atoms with van der Waals surface area (Å²) >= 11 is 11.8. The summed E-state index contributed by atoms with van der Waals surface area (Å²) in [5.41, 5.74) is 0.540. The average molecular weight is 378 g/mol. The van der Waals surface area contributed by atoms with Crippen molar-refractivity contribution in [3.05, 3.63) is 59.2 Å². The maximum absolute atomic E-state index is 12.2. The molecule has 1 unspecified atom stereocenters. The Hall–Kier alpha value is -2.64. The number of hydrogen-bond donors (Lipinski definition) is 1. The number of anilines is 1. The molecule has 25 heavy (non-hydrogen) atoms. The topological polar surface area (TPSA) is 81.9 Å². The predicted octanol–water partition coefficient (Wildman–Crippen LogP) is 3.38. The summed E-state index contributed by atoms with van der Waals surface area (Å²) in [7, 11) is 0. The first-order chi connectivity index (χ1) is 12.0. The molecular weight excluding hydrogens is 365 g/mol. The maximum atomic E-state index is 12.2. The summed E-state index contributed by atoms with van der Waals surface area (Å²) in [6.07, 6.45) is 3.75. The lowest BCUT2D eigenvalue weighted by atomic mass is 10.3. The summed E-state index contributed by atoms with van der Waals surface area (Å²) in [5.74, 6) is 0.730. The van der Waals surface area contributed by atoms with Gasteiger partial charge in [-0.25, -0.2) is 14.6 Å². The van der Waals surface area contributed by atoms with Crippen molar-refractivity contribution in [1.29, 1.82) is 0 Å². The first-order valence-corrected chi connectivity index (χ1v) is 8.02. The quantitative estimate of drug-likeness (QED) is 0.736. The third kappa shape index (κ3) is 4.26. The highest BCUT2D eigenvalue weighted by molar-refractivity contribution is 6.42. The van der Waals surface area contributed by atoms with Gasteiger partial charge in [0.15, 0.2) is 11.9 Å². The van der Waals surface area contributed by atoms with Gasteiger partial charge in [-0.3, -0.25) is 4.79 Å². The molecule has 0 aliphatic heterocycles. The molecule has 0 aliphatic rings. The van der Waals surface area contributed by atoms with E-state index in [0.29, 0.717) is 27.3 Å². The van der Waals surface area contributed by atoms with Crippen LogP contribution in [0.5, 0.6) is 5.75 Å². The van der Waals surface area contributed by atoms with E-state index < -0.39 is 6.10 Å². The Morgan fingerprint density at radius 3 is 2.72 bits per heavy atom. The molecular formula is C16H13Cl2N5O2. The van der Waals surface area contributed by atoms with Crippen LogP contribution in [0.3, 0.4) is 0 Å². The standard InChI is InChI=1S/C16H13Cl2N5O2/c1-10(25-12-3-4-13(17)14(18)6-12)16(24)22-11-2-5-15(20-7-11)23-9-19-8-21-23/h2-10H,1H3,(H,22,24). The molecule has 3 aromatic rings. The number of ether oxygens (including phenoxy) is 1. The zero-order chi connectivity index (χ0) is 17.8. The fourth-order valence-electron chi connectivity index (χ4n) is 1.97. The SMILES string of the molecule is CC(Oc1ccc(Cl)c(Cl)c1)C(=O)Nc1ccc(-n2cncn2)nc1. The smallest absolute Gasteiger partial charge is 0.265 e. The molecule has 7 nitrogen and oxygen atoms in total. The van der Waals surface area contributed by atoms with E-state index in [0.717, 1.165) is 0 Å². The van der Waals surface area contributed by atoms with Gasteiger partial charge < -0.3 is 10.1 Å². The molecule has 0 bridgehead atoms. The van der Waals surface area contributed by atoms with Gasteiger partial charge in [-0.05, 0) is 31.2 Å². The van der Waals surface area contributed by atoms with Gasteiger partial charge in [0.25, 0.3) is 5.91 Å². The van der Waals surface area contributed by atoms with Crippen LogP contribution < -0.4 is 10.1 Å². The van der Waals surface area contributed by atoms with E-state index >= 15 is 0 Å². The number of pyridine rings is 1. The molecule has 9 heteroatoms. The van der Waals surface area contributed by atoms with Gasteiger partial charge in [-0.2, -0.15) is 5.10 Å². The number of hydrogen-bond acceptors (Lipinski definition) is 5. The zero-order valence-corrected chi connectivity index (χ0v) is 14.6. The van der Waals surface area contributed by atoms with Crippen LogP contribution in [0.1, 0.15) is 6.92 Å². The number of carbonyl (C=O) groups excluding carboxylic acids is 1. The first kappa shape index (κ1) is 17.2. The molecule has 0 saturated carbocycles. The molecule has 2 heterocycles. The Labute approximate surface area is 153 Å². The average Bonchev–Trinajstić information content (AvgIpc) is 3.13. The normalized spacial score (nSPS) is 11.8. The molecule has 0 aliphatic carbocycles. The third-order valence-electron chi connectivity index (χ3n) is 3.24. The summed E-state index contributed by atoms with van der Waals surface area (Å²) in [6, 6.07) is 8.24. The van der Waals surface area contributed by atoms with E-state index in [1.807, 2.05) is 0 Å². The molecule has 1 atom stereocenters. The van der Waals surface area contributed by atoms with E-state index in [-0.39, 0.29) is 5.91 Å². The molecule has 1 amide bonds. The minimum Gasteiger partial charge on any atom is -0.481 e. The van der Waals surface area contributed by atoms with Crippen LogP contribution in [-0.2, 0) is 4.79 Å². The monoisotopic (exact) mass is 377 g/mol. The summed E-state index contributed by atoms with van der Waals surface area (Å²) in [5, 5.41) is 7.49. The third-order valence-corrected chi connectivity index (χ3v) is 3.98. The van der Waals surface area contributed by atoms with Gasteiger partial charge in [-0.15, -0.1) is 0 Å². The van der Waals surface area contributed by atoms with Crippen LogP contribution in [0.2, 0.25) is 10.0 Å². The second kappa shape index (κ2) is 7.50. The lowest BCUT2D eigenvalue weighted by Gasteiger charge is -2.15. The van der Waals surface area contributed by atoms with Crippen LogP contribution in [0.25, 0.3) is 5.82 Å². The second-order valence-electron chi connectivity index (χ2n) is 5.07. The van der Waals surface area contributed by atoms with Crippen molar-refractivity contribution in [1.82, 2.24) is 19.7 Å². The fourth-order valence-corrected chi connectivity index (χ4v) is 2.26. The molecule has 2 aromatic heterocycles. The van der Waals surface area contributed by atoms with Crippen LogP contribution in [0.4, 0.5) is 5.69 Å². The van der Waals surface area contributed by atoms with E-state index in [4.69, 9.17) is 27.9 Å². The van der Waals surface area contributed by atoms with E-state index in [1.54, 1.807) is 37.3 Å². The summed E-state index contributed by atoms with van der Waals surface area (Å²) in [6.45, 7) is 1.63. The summed E-state index contributed by atoms with van der Waals surface area (Å²) in [4.78, 5) is 20.3. The van der Waals surface area contributed by atoms with Gasteiger partial charge in [0.05, 0.1) is 21.9 Å². The van der Waals surface area contributed by atoms with Crippen molar-refractivity contribution in [2.24, 2.45) is 0 Å². The fraction of sp³-hybridized carbons (Fsp3) is 0.125. The predicted molar refractivity (Wildman–Crippen MR) is 94.3 cm³/mol. The largest absolute Gasteiger partial charge is 0.481 e. The van der Waals surface area contributed by atoms with Crippen LogP contribution in [0.15, 0.2) is 49.2 Å². The molecule has 0 radical (unpaired) electrons. The Morgan fingerprint density at radius 1 is 1.24 bits per heavy atom. The van der Waals surface area contributed by atoms with Gasteiger partial charge in [0.1, 0.15) is 18.4 Å². The van der Waals surface area contributed by atoms with Crippen molar-refractivity contribution in [3.63, 3.8) is 0 Å². The molecule has 1 aromatic carbocycles. The van der Waals surface area contributed by atoms with Crippen molar-refractivity contribution < 1.29 is 9.53 Å². The van der Waals surface area contributed by atoms with Gasteiger partial charge >= 0.3 is 0 Å². The number of nitrogens with zero attached hydrogens (tertiary/aromatic N) is 4. The number of halogens is 2. The van der Waals surface area contributed by atoms with Gasteiger partial charge in [0.2, 0.25) is 0 Å². The molecule has 0 spiro atoms. The highest BCUT2D eigenvalue weighted by Gasteiger charge is 2.15. The van der Waals surface area contributed by atoms with Crippen molar-refractivity contribution in [3.8, 4) is 11.6 Å². The zero-order valence-electron chi connectivity index (χ0n) is 13.1. The van der Waals surface area contributed by atoms with Crippen LogP contribution >= 0.6 is 23.2 Å². The lowest BCUT2D eigenvalue weighted by Crippen LogP contribution is -2.30. The molecule has 3 rings (SSSR count). The molecule has 0 fully saturated rings. The van der Waals surface area contributed by atoms with E-state index in [9.17, 15) is 4.79 Å². The number of benzene rings is 1. The maximum Gasteiger partial charge on any atom is 0.265 e. The first-order valence-electron chi connectivity index (χ1n) is 7.26. The van der Waals surface area contributed by atoms with E-state index in [1.165, 1.54) is 23.5 Å². The second-order valence-corrected chi connectivity index (χ2v) is 5.88. The number of rotatable bonds is 5. The Morgan fingerprint density at radius 2 is 2.08 bits per heavy atom. The Kier molecular flexibility index (Phi) is 5.16. The van der Waals surface area contributed by atoms with Crippen LogP contribution in [0, 0.1) is 0 Å². The molecule has 128 valence electrons. The van der Waals surface area contributed by atoms with Crippen molar-refractivity contribution >= 4 is 34.8 Å². The van der Waals surface area contributed by atoms with Gasteiger partial charge in [0, 0.05) is 6.07 Å². The highest BCUT2D eigenvalue weighted by Crippen LogP contribution is 2.27. The number of nitrogens with one attached hydrogen (secondary N) is 1. The minimum absolute atomic E-state index is 0.318. The number of aromatic nitrogens is 4. The number of carbonyl (C=O) groups is 1. The minimum atomic E-state index is -0.729. The van der Waals surface area contributed by atoms with Crippen molar-refractivity contribution in [2.75, 3.05) is 5.32 Å². The Bertz CT molecular complexity index is 869. The van der Waals surface area contributed by atoms with Crippen LogP contribution in [-0.4, -0.2) is 31.8 Å². The molecule has 0 saturated heterocycles. The van der Waals surface area contributed by atoms with E-state index in [2.05, 4.69) is 20.4 Å².